The van der Waals surface area contributed by atoms with Gasteiger partial charge in [0.15, 0.2) is 0 Å². The van der Waals surface area contributed by atoms with Crippen LogP contribution in [-0.2, 0) is 13.0 Å². The largest absolute Gasteiger partial charge is 0.434 e. The van der Waals surface area contributed by atoms with Gasteiger partial charge in [0.1, 0.15) is 5.75 Å². The van der Waals surface area contributed by atoms with Gasteiger partial charge in [0, 0.05) is 29.5 Å². The standard InChI is InChI=1S/C15H15ClF2N2O/c16-13-1-2-14(21-15(17)18)12(9-13)10-20-8-5-11-3-6-19-7-4-11/h1-4,6-7,9,15,20H,5,8,10H2. The average molecular weight is 313 g/mol. The molecule has 1 aromatic carbocycles. The number of halogens is 3. The molecule has 0 bridgehead atoms. The van der Waals surface area contributed by atoms with Crippen LogP contribution in [0.2, 0.25) is 5.02 Å². The maximum Gasteiger partial charge on any atom is 0.387 e. The zero-order valence-corrected chi connectivity index (χ0v) is 12.0. The monoisotopic (exact) mass is 312 g/mol. The maximum atomic E-state index is 12.3. The summed E-state index contributed by atoms with van der Waals surface area (Å²) in [5.74, 6) is 0.144. The lowest BCUT2D eigenvalue weighted by atomic mass is 10.2. The van der Waals surface area contributed by atoms with Crippen molar-refractivity contribution in [1.29, 1.82) is 0 Å². The summed E-state index contributed by atoms with van der Waals surface area (Å²) in [6, 6.07) is 8.48. The van der Waals surface area contributed by atoms with Crippen LogP contribution in [0.3, 0.4) is 0 Å². The van der Waals surface area contributed by atoms with Gasteiger partial charge in [0.2, 0.25) is 0 Å². The summed E-state index contributed by atoms with van der Waals surface area (Å²) in [5, 5.41) is 3.68. The van der Waals surface area contributed by atoms with Gasteiger partial charge in [0.25, 0.3) is 0 Å². The number of pyridine rings is 1. The van der Waals surface area contributed by atoms with E-state index < -0.39 is 6.61 Å². The molecule has 0 saturated heterocycles. The SMILES string of the molecule is FC(F)Oc1ccc(Cl)cc1CNCCc1ccncc1. The smallest absolute Gasteiger partial charge is 0.387 e. The summed E-state index contributed by atoms with van der Waals surface area (Å²) >= 11 is 5.88. The second-order valence-electron chi connectivity index (χ2n) is 4.41. The van der Waals surface area contributed by atoms with Gasteiger partial charge in [-0.05, 0) is 48.9 Å². The van der Waals surface area contributed by atoms with Crippen molar-refractivity contribution in [2.45, 2.75) is 19.6 Å². The number of aromatic nitrogens is 1. The van der Waals surface area contributed by atoms with Crippen molar-refractivity contribution in [2.24, 2.45) is 0 Å². The van der Waals surface area contributed by atoms with E-state index in [9.17, 15) is 8.78 Å². The first kappa shape index (κ1) is 15.7. The average Bonchev–Trinajstić information content (AvgIpc) is 2.47. The fourth-order valence-electron chi connectivity index (χ4n) is 1.90. The van der Waals surface area contributed by atoms with Crippen LogP contribution in [0.1, 0.15) is 11.1 Å². The Hall–Kier alpha value is -1.72. The van der Waals surface area contributed by atoms with E-state index in [1.54, 1.807) is 18.5 Å². The second kappa shape index (κ2) is 7.90. The van der Waals surface area contributed by atoms with Crippen molar-refractivity contribution in [2.75, 3.05) is 6.54 Å². The molecule has 0 fully saturated rings. The van der Waals surface area contributed by atoms with Crippen molar-refractivity contribution in [3.8, 4) is 5.75 Å². The molecule has 0 aliphatic carbocycles. The normalized spacial score (nSPS) is 10.9. The Kier molecular flexibility index (Phi) is 5.90. The molecule has 0 radical (unpaired) electrons. The zero-order valence-electron chi connectivity index (χ0n) is 11.2. The number of benzene rings is 1. The van der Waals surface area contributed by atoms with Gasteiger partial charge in [-0.25, -0.2) is 0 Å². The molecule has 0 aliphatic rings. The third-order valence-electron chi connectivity index (χ3n) is 2.89. The molecule has 3 nitrogen and oxygen atoms in total. The van der Waals surface area contributed by atoms with Crippen LogP contribution >= 0.6 is 11.6 Å². The molecule has 1 heterocycles. The number of nitrogens with one attached hydrogen (secondary N) is 1. The van der Waals surface area contributed by atoms with E-state index in [-0.39, 0.29) is 5.75 Å². The van der Waals surface area contributed by atoms with Crippen LogP contribution in [0.15, 0.2) is 42.7 Å². The number of rotatable bonds is 7. The van der Waals surface area contributed by atoms with Gasteiger partial charge in [-0.15, -0.1) is 0 Å². The third kappa shape index (κ3) is 5.28. The first-order valence-corrected chi connectivity index (χ1v) is 6.86. The molecular formula is C15H15ClF2N2O. The highest BCUT2D eigenvalue weighted by atomic mass is 35.5. The quantitative estimate of drug-likeness (QED) is 0.792. The topological polar surface area (TPSA) is 34.1 Å². The molecule has 2 rings (SSSR count). The lowest BCUT2D eigenvalue weighted by molar-refractivity contribution is -0.0504. The lowest BCUT2D eigenvalue weighted by Crippen LogP contribution is -2.17. The number of hydrogen-bond acceptors (Lipinski definition) is 3. The van der Waals surface area contributed by atoms with E-state index in [0.717, 1.165) is 12.0 Å². The van der Waals surface area contributed by atoms with Crippen molar-refractivity contribution < 1.29 is 13.5 Å². The molecule has 6 heteroatoms. The van der Waals surface area contributed by atoms with E-state index in [0.29, 0.717) is 23.7 Å². The molecule has 0 saturated carbocycles. The van der Waals surface area contributed by atoms with E-state index in [1.807, 2.05) is 12.1 Å². The number of hydrogen-bond donors (Lipinski definition) is 1. The number of alkyl halides is 2. The van der Waals surface area contributed by atoms with E-state index in [1.165, 1.54) is 12.1 Å². The Morgan fingerprint density at radius 2 is 1.95 bits per heavy atom. The summed E-state index contributed by atoms with van der Waals surface area (Å²) in [4.78, 5) is 3.95. The Labute approximate surface area is 126 Å². The van der Waals surface area contributed by atoms with Gasteiger partial charge < -0.3 is 10.1 Å². The molecule has 0 spiro atoms. The van der Waals surface area contributed by atoms with Gasteiger partial charge in [-0.1, -0.05) is 11.6 Å². The van der Waals surface area contributed by atoms with E-state index in [2.05, 4.69) is 15.0 Å². The number of ether oxygens (including phenoxy) is 1. The minimum Gasteiger partial charge on any atom is -0.434 e. The molecule has 112 valence electrons. The minimum absolute atomic E-state index is 0.144. The predicted molar refractivity (Wildman–Crippen MR) is 77.7 cm³/mol. The van der Waals surface area contributed by atoms with Gasteiger partial charge in [-0.3, -0.25) is 4.98 Å². The second-order valence-corrected chi connectivity index (χ2v) is 4.85. The molecule has 1 aromatic heterocycles. The van der Waals surface area contributed by atoms with Gasteiger partial charge >= 0.3 is 6.61 Å². The molecule has 0 atom stereocenters. The van der Waals surface area contributed by atoms with Crippen molar-refractivity contribution in [3.05, 3.63) is 58.9 Å². The van der Waals surface area contributed by atoms with Crippen LogP contribution in [0.5, 0.6) is 5.75 Å². The van der Waals surface area contributed by atoms with Crippen molar-refractivity contribution in [1.82, 2.24) is 10.3 Å². The van der Waals surface area contributed by atoms with Crippen LogP contribution < -0.4 is 10.1 Å². The Morgan fingerprint density at radius 3 is 2.67 bits per heavy atom. The van der Waals surface area contributed by atoms with Crippen LogP contribution in [0.4, 0.5) is 8.78 Å². The van der Waals surface area contributed by atoms with Crippen molar-refractivity contribution in [3.63, 3.8) is 0 Å². The molecule has 21 heavy (non-hydrogen) atoms. The fraction of sp³-hybridized carbons (Fsp3) is 0.267. The highest BCUT2D eigenvalue weighted by Crippen LogP contribution is 2.24. The Balaban J connectivity index is 1.88. The van der Waals surface area contributed by atoms with Crippen LogP contribution in [0.25, 0.3) is 0 Å². The lowest BCUT2D eigenvalue weighted by Gasteiger charge is -2.12. The molecule has 0 aliphatic heterocycles. The summed E-state index contributed by atoms with van der Waals surface area (Å²) in [5.41, 5.74) is 1.77. The van der Waals surface area contributed by atoms with Gasteiger partial charge in [0.05, 0.1) is 0 Å². The highest BCUT2D eigenvalue weighted by Gasteiger charge is 2.10. The molecule has 2 aromatic rings. The first-order valence-electron chi connectivity index (χ1n) is 6.48. The molecule has 0 amide bonds. The minimum atomic E-state index is -2.85. The fourth-order valence-corrected chi connectivity index (χ4v) is 2.10. The van der Waals surface area contributed by atoms with E-state index >= 15 is 0 Å². The summed E-state index contributed by atoms with van der Waals surface area (Å²) in [6.07, 6.45) is 4.30. The van der Waals surface area contributed by atoms with Crippen LogP contribution in [-0.4, -0.2) is 18.1 Å². The van der Waals surface area contributed by atoms with Gasteiger partial charge in [-0.2, -0.15) is 8.78 Å². The number of nitrogens with zero attached hydrogens (tertiary/aromatic N) is 1. The Morgan fingerprint density at radius 1 is 1.19 bits per heavy atom. The molecular weight excluding hydrogens is 298 g/mol. The summed E-state index contributed by atoms with van der Waals surface area (Å²) in [6.45, 7) is -1.72. The first-order chi connectivity index (χ1) is 10.1. The predicted octanol–water partition coefficient (Wildman–Crippen LogP) is 3.67. The highest BCUT2D eigenvalue weighted by molar-refractivity contribution is 6.30. The molecule has 0 unspecified atom stereocenters. The maximum absolute atomic E-state index is 12.3. The zero-order chi connectivity index (χ0) is 15.1. The third-order valence-corrected chi connectivity index (χ3v) is 3.13. The van der Waals surface area contributed by atoms with Crippen LogP contribution in [0, 0.1) is 0 Å². The summed E-state index contributed by atoms with van der Waals surface area (Å²) in [7, 11) is 0. The van der Waals surface area contributed by atoms with Crippen molar-refractivity contribution >= 4 is 11.6 Å². The Bertz CT molecular complexity index is 567. The molecule has 1 N–H and O–H groups in total. The van der Waals surface area contributed by atoms with E-state index in [4.69, 9.17) is 11.6 Å². The summed E-state index contributed by atoms with van der Waals surface area (Å²) < 4.78 is 29.1.